The highest BCUT2D eigenvalue weighted by molar-refractivity contribution is 6.09. The first kappa shape index (κ1) is 17.2. The Morgan fingerprint density at radius 3 is 2.72 bits per heavy atom. The molecular weight excluding hydrogens is 320 g/mol. The first-order valence-corrected chi connectivity index (χ1v) is 8.41. The standard InChI is InChI=1S/C19H22N2O4/c1-13(16-9-5-11-24-16)20-18(22)14-7-3-4-8-15(14)21(2)19(23)17-10-6-12-25-17/h3-4,6-8,10,12-13,16H,5,9,11H2,1-2H3,(H,20,22)/t13-,16+/m0/s1. The molecule has 2 atom stereocenters. The molecule has 1 fully saturated rings. The van der Waals surface area contributed by atoms with E-state index in [9.17, 15) is 9.59 Å². The van der Waals surface area contributed by atoms with E-state index in [0.29, 0.717) is 11.3 Å². The number of rotatable bonds is 5. The van der Waals surface area contributed by atoms with Crippen LogP contribution in [0.2, 0.25) is 0 Å². The predicted octanol–water partition coefficient (Wildman–Crippen LogP) is 2.85. The Bertz CT molecular complexity index is 736. The summed E-state index contributed by atoms with van der Waals surface area (Å²) < 4.78 is 10.8. The maximum atomic E-state index is 12.7. The summed E-state index contributed by atoms with van der Waals surface area (Å²) in [5.41, 5.74) is 0.968. The molecule has 0 radical (unpaired) electrons. The lowest BCUT2D eigenvalue weighted by Gasteiger charge is -2.23. The number of amides is 2. The lowest BCUT2D eigenvalue weighted by atomic mass is 10.1. The maximum absolute atomic E-state index is 12.7. The minimum absolute atomic E-state index is 0.0404. The van der Waals surface area contributed by atoms with Gasteiger partial charge in [-0.3, -0.25) is 9.59 Å². The highest BCUT2D eigenvalue weighted by Crippen LogP contribution is 2.22. The van der Waals surface area contributed by atoms with Gasteiger partial charge in [0.25, 0.3) is 11.8 Å². The Kier molecular flexibility index (Phi) is 5.19. The number of benzene rings is 1. The van der Waals surface area contributed by atoms with Gasteiger partial charge in [-0.1, -0.05) is 12.1 Å². The number of nitrogens with zero attached hydrogens (tertiary/aromatic N) is 1. The molecule has 1 aliphatic rings. The van der Waals surface area contributed by atoms with Crippen molar-refractivity contribution in [1.82, 2.24) is 5.32 Å². The van der Waals surface area contributed by atoms with Crippen molar-refractivity contribution < 1.29 is 18.7 Å². The number of carbonyl (C=O) groups is 2. The number of carbonyl (C=O) groups excluding carboxylic acids is 2. The van der Waals surface area contributed by atoms with Gasteiger partial charge in [-0.25, -0.2) is 0 Å². The second kappa shape index (κ2) is 7.53. The van der Waals surface area contributed by atoms with Gasteiger partial charge in [-0.2, -0.15) is 0 Å². The second-order valence-corrected chi connectivity index (χ2v) is 6.17. The van der Waals surface area contributed by atoms with Crippen LogP contribution in [0.15, 0.2) is 47.1 Å². The van der Waals surface area contributed by atoms with Crippen LogP contribution in [0.1, 0.15) is 40.7 Å². The van der Waals surface area contributed by atoms with E-state index in [4.69, 9.17) is 9.15 Å². The Morgan fingerprint density at radius 1 is 1.24 bits per heavy atom. The van der Waals surface area contributed by atoms with Gasteiger partial charge in [-0.15, -0.1) is 0 Å². The van der Waals surface area contributed by atoms with E-state index in [1.54, 1.807) is 43.4 Å². The zero-order valence-electron chi connectivity index (χ0n) is 14.4. The van der Waals surface area contributed by atoms with Gasteiger partial charge in [0.05, 0.1) is 29.7 Å². The zero-order chi connectivity index (χ0) is 17.8. The molecule has 2 heterocycles. The van der Waals surface area contributed by atoms with Crippen molar-refractivity contribution in [1.29, 1.82) is 0 Å². The molecule has 1 aromatic heterocycles. The van der Waals surface area contributed by atoms with Crippen molar-refractivity contribution in [3.8, 4) is 0 Å². The van der Waals surface area contributed by atoms with Crippen LogP contribution in [-0.2, 0) is 4.74 Å². The summed E-state index contributed by atoms with van der Waals surface area (Å²) in [6, 6.07) is 10.2. The number of anilines is 1. The van der Waals surface area contributed by atoms with Crippen molar-refractivity contribution in [3.05, 3.63) is 54.0 Å². The van der Waals surface area contributed by atoms with Crippen molar-refractivity contribution >= 4 is 17.5 Å². The highest BCUT2D eigenvalue weighted by atomic mass is 16.5. The van der Waals surface area contributed by atoms with Crippen LogP contribution in [0.4, 0.5) is 5.69 Å². The third-order valence-electron chi connectivity index (χ3n) is 4.43. The fourth-order valence-corrected chi connectivity index (χ4v) is 3.01. The summed E-state index contributed by atoms with van der Waals surface area (Å²) in [6.45, 7) is 2.68. The molecule has 0 aliphatic carbocycles. The van der Waals surface area contributed by atoms with Gasteiger partial charge in [-0.05, 0) is 44.0 Å². The first-order chi connectivity index (χ1) is 12.1. The van der Waals surface area contributed by atoms with Crippen molar-refractivity contribution in [2.45, 2.75) is 31.9 Å². The van der Waals surface area contributed by atoms with Gasteiger partial charge < -0.3 is 19.4 Å². The minimum atomic E-state index is -0.308. The molecule has 1 saturated heterocycles. The molecule has 132 valence electrons. The van der Waals surface area contributed by atoms with Crippen LogP contribution in [0.3, 0.4) is 0 Å². The molecule has 1 N–H and O–H groups in total. The summed E-state index contributed by atoms with van der Waals surface area (Å²) in [7, 11) is 1.63. The maximum Gasteiger partial charge on any atom is 0.293 e. The minimum Gasteiger partial charge on any atom is -0.459 e. The number of para-hydroxylation sites is 1. The largest absolute Gasteiger partial charge is 0.459 e. The number of hydrogen-bond acceptors (Lipinski definition) is 4. The monoisotopic (exact) mass is 342 g/mol. The van der Waals surface area contributed by atoms with Gasteiger partial charge >= 0.3 is 0 Å². The Balaban J connectivity index is 1.78. The fraction of sp³-hybridized carbons (Fsp3) is 0.368. The van der Waals surface area contributed by atoms with Crippen LogP contribution >= 0.6 is 0 Å². The number of nitrogens with one attached hydrogen (secondary N) is 1. The molecule has 1 aromatic carbocycles. The molecule has 0 bridgehead atoms. The van der Waals surface area contributed by atoms with Crippen LogP contribution in [0, 0.1) is 0 Å². The molecule has 0 spiro atoms. The normalized spacial score (nSPS) is 17.9. The lowest BCUT2D eigenvalue weighted by Crippen LogP contribution is -2.41. The quantitative estimate of drug-likeness (QED) is 0.907. The van der Waals surface area contributed by atoms with Crippen LogP contribution in [0.25, 0.3) is 0 Å². The number of ether oxygens (including phenoxy) is 1. The third-order valence-corrected chi connectivity index (χ3v) is 4.43. The summed E-state index contributed by atoms with van der Waals surface area (Å²) in [5, 5.41) is 2.98. The summed E-state index contributed by atoms with van der Waals surface area (Å²) in [6.07, 6.45) is 3.45. The summed E-state index contributed by atoms with van der Waals surface area (Å²) in [4.78, 5) is 26.6. The van der Waals surface area contributed by atoms with Gasteiger partial charge in [0, 0.05) is 13.7 Å². The topological polar surface area (TPSA) is 71.8 Å². The van der Waals surface area contributed by atoms with E-state index in [1.165, 1.54) is 11.2 Å². The van der Waals surface area contributed by atoms with Crippen molar-refractivity contribution in [3.63, 3.8) is 0 Å². The van der Waals surface area contributed by atoms with E-state index in [1.807, 2.05) is 6.92 Å². The molecule has 6 nitrogen and oxygen atoms in total. The summed E-state index contributed by atoms with van der Waals surface area (Å²) in [5.74, 6) is -0.305. The Morgan fingerprint density at radius 2 is 2.04 bits per heavy atom. The lowest BCUT2D eigenvalue weighted by molar-refractivity contribution is 0.0712. The average molecular weight is 342 g/mol. The molecule has 25 heavy (non-hydrogen) atoms. The highest BCUT2D eigenvalue weighted by Gasteiger charge is 2.26. The molecule has 2 aromatic rings. The van der Waals surface area contributed by atoms with E-state index in [0.717, 1.165) is 19.4 Å². The number of furan rings is 1. The Labute approximate surface area is 146 Å². The van der Waals surface area contributed by atoms with Crippen LogP contribution in [-0.4, -0.2) is 37.6 Å². The first-order valence-electron chi connectivity index (χ1n) is 8.41. The SMILES string of the molecule is C[C@H](NC(=O)c1ccccc1N(C)C(=O)c1ccco1)[C@H]1CCCO1. The molecular formula is C19H22N2O4. The molecule has 3 rings (SSSR count). The van der Waals surface area contributed by atoms with E-state index >= 15 is 0 Å². The van der Waals surface area contributed by atoms with Crippen LogP contribution in [0.5, 0.6) is 0 Å². The van der Waals surface area contributed by atoms with Crippen molar-refractivity contribution in [2.24, 2.45) is 0 Å². The fourth-order valence-electron chi connectivity index (χ4n) is 3.01. The summed E-state index contributed by atoms with van der Waals surface area (Å²) >= 11 is 0. The van der Waals surface area contributed by atoms with Gasteiger partial charge in [0.15, 0.2) is 5.76 Å². The molecule has 0 saturated carbocycles. The molecule has 1 aliphatic heterocycles. The molecule has 6 heteroatoms. The molecule has 2 amide bonds. The van der Waals surface area contributed by atoms with Gasteiger partial charge in [0.1, 0.15) is 0 Å². The molecule has 0 unspecified atom stereocenters. The van der Waals surface area contributed by atoms with Gasteiger partial charge in [0.2, 0.25) is 0 Å². The van der Waals surface area contributed by atoms with Crippen molar-refractivity contribution in [2.75, 3.05) is 18.6 Å². The zero-order valence-corrected chi connectivity index (χ0v) is 14.4. The van der Waals surface area contributed by atoms with E-state index in [-0.39, 0.29) is 29.7 Å². The van der Waals surface area contributed by atoms with E-state index < -0.39 is 0 Å². The second-order valence-electron chi connectivity index (χ2n) is 6.17. The average Bonchev–Trinajstić information content (AvgIpc) is 3.33. The predicted molar refractivity (Wildman–Crippen MR) is 93.8 cm³/mol. The third kappa shape index (κ3) is 3.74. The number of hydrogen-bond donors (Lipinski definition) is 1. The van der Waals surface area contributed by atoms with Crippen LogP contribution < -0.4 is 10.2 Å². The Hall–Kier alpha value is -2.60. The smallest absolute Gasteiger partial charge is 0.293 e. The van der Waals surface area contributed by atoms with E-state index in [2.05, 4.69) is 5.32 Å².